The molecule has 0 unspecified atom stereocenters. The van der Waals surface area contributed by atoms with Crippen molar-refractivity contribution < 1.29 is 0 Å². The molecule has 0 saturated carbocycles. The average Bonchev–Trinajstić information content (AvgIpc) is 3.33. The van der Waals surface area contributed by atoms with Gasteiger partial charge in [-0.25, -0.2) is 9.67 Å². The lowest BCUT2D eigenvalue weighted by Gasteiger charge is -2.33. The minimum Gasteiger partial charge on any atom is -0.275 e. The molecule has 1 fully saturated rings. The first kappa shape index (κ1) is 17.7. The molecule has 0 bridgehead atoms. The number of hydrogen-bond donors (Lipinski definition) is 0. The van der Waals surface area contributed by atoms with Gasteiger partial charge in [0.1, 0.15) is 5.01 Å². The standard InChI is InChI=1S/C20H20N6S2/c27-20-25(22-23-26(20)15-8-2-1-3-9-15)14-24-13-7-6-11-17(24)19-21-16-10-4-5-12-18(16)28-19/h1-5,8-10,12,17H,6-7,11,13-14H2/t17-/m1/s1. The van der Waals surface area contributed by atoms with E-state index in [1.807, 2.05) is 41.1 Å². The number of para-hydroxylation sites is 2. The molecule has 2 aromatic heterocycles. The van der Waals surface area contributed by atoms with Crippen LogP contribution in [0.1, 0.15) is 30.3 Å². The van der Waals surface area contributed by atoms with Crippen molar-refractivity contribution in [2.75, 3.05) is 6.54 Å². The first-order valence-corrected chi connectivity index (χ1v) is 10.7. The van der Waals surface area contributed by atoms with Crippen LogP contribution in [-0.4, -0.2) is 36.2 Å². The molecule has 0 aliphatic carbocycles. The second kappa shape index (κ2) is 7.54. The quantitative estimate of drug-likeness (QED) is 0.462. The summed E-state index contributed by atoms with van der Waals surface area (Å²) in [5.74, 6) is 0. The molecule has 0 spiro atoms. The smallest absolute Gasteiger partial charge is 0.221 e. The predicted molar refractivity (Wildman–Crippen MR) is 113 cm³/mol. The van der Waals surface area contributed by atoms with Gasteiger partial charge in [-0.1, -0.05) is 36.8 Å². The van der Waals surface area contributed by atoms with Gasteiger partial charge in [0.05, 0.1) is 28.6 Å². The fraction of sp³-hybridized carbons (Fsp3) is 0.300. The van der Waals surface area contributed by atoms with Crippen molar-refractivity contribution in [1.29, 1.82) is 0 Å². The maximum absolute atomic E-state index is 5.64. The Kier molecular flexibility index (Phi) is 4.76. The van der Waals surface area contributed by atoms with Crippen molar-refractivity contribution in [2.45, 2.75) is 32.0 Å². The van der Waals surface area contributed by atoms with Crippen LogP contribution in [0.25, 0.3) is 15.9 Å². The van der Waals surface area contributed by atoms with Crippen LogP contribution in [0.15, 0.2) is 54.6 Å². The highest BCUT2D eigenvalue weighted by Crippen LogP contribution is 2.35. The van der Waals surface area contributed by atoms with E-state index in [2.05, 4.69) is 33.5 Å². The van der Waals surface area contributed by atoms with Gasteiger partial charge in [-0.05, 0) is 59.8 Å². The molecule has 5 rings (SSSR count). The predicted octanol–water partition coefficient (Wildman–Crippen LogP) is 4.59. The zero-order valence-electron chi connectivity index (χ0n) is 15.3. The average molecular weight is 409 g/mol. The Balaban J connectivity index is 1.43. The van der Waals surface area contributed by atoms with Gasteiger partial charge < -0.3 is 0 Å². The van der Waals surface area contributed by atoms with Crippen LogP contribution in [0.4, 0.5) is 0 Å². The van der Waals surface area contributed by atoms with Crippen LogP contribution >= 0.6 is 23.6 Å². The summed E-state index contributed by atoms with van der Waals surface area (Å²) in [5.41, 5.74) is 2.01. The second-order valence-corrected chi connectivity index (χ2v) is 8.42. The number of hydrogen-bond acceptors (Lipinski definition) is 6. The van der Waals surface area contributed by atoms with E-state index in [1.54, 1.807) is 16.0 Å². The second-order valence-electron chi connectivity index (χ2n) is 6.99. The van der Waals surface area contributed by atoms with E-state index in [-0.39, 0.29) is 0 Å². The summed E-state index contributed by atoms with van der Waals surface area (Å²) in [5, 5.41) is 9.78. The fourth-order valence-electron chi connectivity index (χ4n) is 3.74. The van der Waals surface area contributed by atoms with Gasteiger partial charge in [-0.15, -0.1) is 11.3 Å². The molecule has 28 heavy (non-hydrogen) atoms. The zero-order chi connectivity index (χ0) is 18.9. The number of likely N-dealkylation sites (tertiary alicyclic amines) is 1. The van der Waals surface area contributed by atoms with Gasteiger partial charge in [0.15, 0.2) is 0 Å². The topological polar surface area (TPSA) is 51.8 Å². The number of thiazole rings is 1. The molecule has 142 valence electrons. The number of aromatic nitrogens is 5. The van der Waals surface area contributed by atoms with Crippen LogP contribution in [0.3, 0.4) is 0 Å². The third kappa shape index (κ3) is 3.28. The van der Waals surface area contributed by atoms with Crippen molar-refractivity contribution in [1.82, 2.24) is 29.7 Å². The minimum atomic E-state index is 0.301. The highest BCUT2D eigenvalue weighted by atomic mass is 32.1. The number of rotatable bonds is 4. The Morgan fingerprint density at radius 2 is 1.82 bits per heavy atom. The van der Waals surface area contributed by atoms with E-state index in [0.29, 0.717) is 17.5 Å². The van der Waals surface area contributed by atoms with E-state index < -0.39 is 0 Å². The third-order valence-electron chi connectivity index (χ3n) is 5.16. The van der Waals surface area contributed by atoms with Crippen LogP contribution in [-0.2, 0) is 6.67 Å². The minimum absolute atomic E-state index is 0.301. The zero-order valence-corrected chi connectivity index (χ0v) is 16.9. The van der Waals surface area contributed by atoms with E-state index in [9.17, 15) is 0 Å². The SMILES string of the molecule is S=c1n(CN2CCCC[C@@H]2c2nc3ccccc3s2)nnn1-c1ccccc1. The van der Waals surface area contributed by atoms with Gasteiger partial charge in [0, 0.05) is 6.54 Å². The molecule has 1 aliphatic heterocycles. The maximum atomic E-state index is 5.64. The Hall–Kier alpha value is -2.42. The summed E-state index contributed by atoms with van der Waals surface area (Å²) in [4.78, 5) is 7.34. The van der Waals surface area contributed by atoms with Gasteiger partial charge in [-0.2, -0.15) is 4.68 Å². The molecule has 8 heteroatoms. The lowest BCUT2D eigenvalue weighted by atomic mass is 10.0. The molecule has 4 aromatic rings. The number of fused-ring (bicyclic) bond motifs is 1. The Labute approximate surface area is 172 Å². The van der Waals surface area contributed by atoms with Gasteiger partial charge in [-0.3, -0.25) is 4.90 Å². The molecular weight excluding hydrogens is 388 g/mol. The Morgan fingerprint density at radius 1 is 1.00 bits per heavy atom. The molecule has 1 saturated heterocycles. The first-order valence-electron chi connectivity index (χ1n) is 9.47. The van der Waals surface area contributed by atoms with Crippen molar-refractivity contribution in [3.05, 3.63) is 64.4 Å². The van der Waals surface area contributed by atoms with Gasteiger partial charge in [0.25, 0.3) is 0 Å². The summed E-state index contributed by atoms with van der Waals surface area (Å²) < 4.78 is 5.38. The molecule has 1 atom stereocenters. The highest BCUT2D eigenvalue weighted by Gasteiger charge is 2.27. The molecule has 0 radical (unpaired) electrons. The summed E-state index contributed by atoms with van der Waals surface area (Å²) in [6.45, 7) is 1.65. The molecule has 3 heterocycles. The van der Waals surface area contributed by atoms with Crippen molar-refractivity contribution >= 4 is 33.8 Å². The lowest BCUT2D eigenvalue weighted by Crippen LogP contribution is -2.35. The monoisotopic (exact) mass is 408 g/mol. The van der Waals surface area contributed by atoms with Crippen LogP contribution in [0.5, 0.6) is 0 Å². The van der Waals surface area contributed by atoms with Crippen molar-refractivity contribution in [3.63, 3.8) is 0 Å². The molecular formula is C20H20N6S2. The van der Waals surface area contributed by atoms with E-state index in [4.69, 9.17) is 17.2 Å². The van der Waals surface area contributed by atoms with E-state index >= 15 is 0 Å². The van der Waals surface area contributed by atoms with Crippen LogP contribution < -0.4 is 0 Å². The van der Waals surface area contributed by atoms with E-state index in [1.165, 1.54) is 22.5 Å². The third-order valence-corrected chi connectivity index (χ3v) is 6.69. The largest absolute Gasteiger partial charge is 0.275 e. The summed E-state index contributed by atoms with van der Waals surface area (Å²) in [6.07, 6.45) is 3.51. The Morgan fingerprint density at radius 3 is 2.68 bits per heavy atom. The summed E-state index contributed by atoms with van der Waals surface area (Å²) >= 11 is 7.44. The molecule has 0 amide bonds. The molecule has 2 aromatic carbocycles. The molecule has 1 aliphatic rings. The van der Waals surface area contributed by atoms with Crippen molar-refractivity contribution in [3.8, 4) is 5.69 Å². The number of benzene rings is 2. The number of tetrazole rings is 1. The molecule has 0 N–H and O–H groups in total. The lowest BCUT2D eigenvalue weighted by molar-refractivity contribution is 0.102. The van der Waals surface area contributed by atoms with Crippen LogP contribution in [0, 0.1) is 4.77 Å². The normalized spacial score (nSPS) is 17.9. The van der Waals surface area contributed by atoms with Gasteiger partial charge >= 0.3 is 0 Å². The van der Waals surface area contributed by atoms with E-state index in [0.717, 1.165) is 24.2 Å². The maximum Gasteiger partial charge on any atom is 0.221 e. The first-order chi connectivity index (χ1) is 13.8. The Bertz CT molecular complexity index is 1110. The van der Waals surface area contributed by atoms with Gasteiger partial charge in [0.2, 0.25) is 4.77 Å². The highest BCUT2D eigenvalue weighted by molar-refractivity contribution is 7.71. The number of piperidine rings is 1. The fourth-order valence-corrected chi connectivity index (χ4v) is 5.11. The molecule has 6 nitrogen and oxygen atoms in total. The summed E-state index contributed by atoms with van der Waals surface area (Å²) in [6, 6.07) is 18.6. The van der Waals surface area contributed by atoms with Crippen molar-refractivity contribution in [2.24, 2.45) is 0 Å². The number of nitrogens with zero attached hydrogens (tertiary/aromatic N) is 6. The summed E-state index contributed by atoms with van der Waals surface area (Å²) in [7, 11) is 0. The van der Waals surface area contributed by atoms with Crippen LogP contribution in [0.2, 0.25) is 0 Å².